The van der Waals surface area contributed by atoms with Crippen molar-refractivity contribution in [3.63, 3.8) is 0 Å². The molecule has 1 rings (SSSR count). The van der Waals surface area contributed by atoms with Crippen molar-refractivity contribution in [3.8, 4) is 0 Å². The van der Waals surface area contributed by atoms with Gasteiger partial charge in [0.25, 0.3) is 0 Å². The molecule has 0 saturated carbocycles. The fourth-order valence-electron chi connectivity index (χ4n) is 2.14. The Kier molecular flexibility index (Phi) is 6.84. The molecule has 2 unspecified atom stereocenters. The van der Waals surface area contributed by atoms with Crippen LogP contribution in [0.4, 0.5) is 0 Å². The van der Waals surface area contributed by atoms with Crippen molar-refractivity contribution in [1.29, 1.82) is 0 Å². The molecule has 0 amide bonds. The first kappa shape index (κ1) is 17.7. The molecule has 1 aromatic rings. The number of esters is 1. The first-order chi connectivity index (χ1) is 9.92. The Hall–Kier alpha value is -1.40. The van der Waals surface area contributed by atoms with E-state index < -0.39 is 26.8 Å². The smallest absolute Gasteiger partial charge is 0.321 e. The molecule has 118 valence electrons. The molecule has 21 heavy (non-hydrogen) atoms. The Morgan fingerprint density at radius 3 is 2.38 bits per heavy atom. The zero-order valence-corrected chi connectivity index (χ0v) is 13.5. The van der Waals surface area contributed by atoms with Crippen molar-refractivity contribution in [3.05, 3.63) is 35.9 Å². The minimum atomic E-state index is -3.59. The number of rotatable bonds is 8. The topological polar surface area (TPSA) is 72.5 Å². The van der Waals surface area contributed by atoms with Crippen molar-refractivity contribution in [1.82, 2.24) is 5.32 Å². The molecule has 0 aliphatic heterocycles. The van der Waals surface area contributed by atoms with E-state index in [1.54, 1.807) is 13.8 Å². The number of hydrogen-bond donors (Lipinski definition) is 1. The zero-order chi connectivity index (χ0) is 15.9. The maximum Gasteiger partial charge on any atom is 0.321 e. The van der Waals surface area contributed by atoms with E-state index in [4.69, 9.17) is 4.74 Å². The largest absolute Gasteiger partial charge is 0.465 e. The van der Waals surface area contributed by atoms with Crippen LogP contribution in [0.25, 0.3) is 0 Å². The van der Waals surface area contributed by atoms with Crippen LogP contribution in [0.5, 0.6) is 0 Å². The predicted octanol–water partition coefficient (Wildman–Crippen LogP) is 1.70. The summed E-state index contributed by atoms with van der Waals surface area (Å²) in [4.78, 5) is 11.5. The Labute approximate surface area is 126 Å². The van der Waals surface area contributed by atoms with Crippen LogP contribution < -0.4 is 5.32 Å². The molecule has 0 bridgehead atoms. The van der Waals surface area contributed by atoms with E-state index in [0.29, 0.717) is 6.54 Å². The van der Waals surface area contributed by atoms with Gasteiger partial charge < -0.3 is 10.1 Å². The second-order valence-electron chi connectivity index (χ2n) is 4.76. The molecule has 0 heterocycles. The molecule has 1 aromatic carbocycles. The number of nitrogens with one attached hydrogen (secondary N) is 1. The van der Waals surface area contributed by atoms with E-state index in [9.17, 15) is 13.2 Å². The Balaban J connectivity index is 2.95. The fourth-order valence-corrected chi connectivity index (χ4v) is 3.48. The summed E-state index contributed by atoms with van der Waals surface area (Å²) in [6.45, 7) is 6.01. The molecule has 0 aliphatic rings. The highest BCUT2D eigenvalue weighted by Crippen LogP contribution is 2.22. The maximum atomic E-state index is 12.4. The Morgan fingerprint density at radius 1 is 1.24 bits per heavy atom. The van der Waals surface area contributed by atoms with Crippen molar-refractivity contribution in [2.75, 3.05) is 18.9 Å². The average Bonchev–Trinajstić information content (AvgIpc) is 2.44. The van der Waals surface area contributed by atoms with Gasteiger partial charge >= 0.3 is 5.97 Å². The second-order valence-corrected chi connectivity index (χ2v) is 7.12. The molecule has 1 N–H and O–H groups in total. The Bertz CT molecular complexity index is 542. The molecule has 6 heteroatoms. The van der Waals surface area contributed by atoms with Crippen LogP contribution in [0.1, 0.15) is 32.4 Å². The van der Waals surface area contributed by atoms with Crippen LogP contribution in [0.3, 0.4) is 0 Å². The third kappa shape index (κ3) is 5.13. The normalized spacial score (nSPS) is 14.4. The van der Waals surface area contributed by atoms with Gasteiger partial charge in [-0.3, -0.25) is 4.79 Å². The van der Waals surface area contributed by atoms with Gasteiger partial charge in [0.1, 0.15) is 5.75 Å². The van der Waals surface area contributed by atoms with Crippen LogP contribution >= 0.6 is 0 Å². The van der Waals surface area contributed by atoms with Crippen LogP contribution in [0, 0.1) is 0 Å². The summed E-state index contributed by atoms with van der Waals surface area (Å²) in [5, 5.41) is 2.46. The SMILES string of the molecule is CCNC(c1ccccc1)C(C)S(=O)(=O)CC(=O)OCC. The number of ether oxygens (including phenoxy) is 1. The predicted molar refractivity (Wildman–Crippen MR) is 82.7 cm³/mol. The van der Waals surface area contributed by atoms with E-state index in [2.05, 4.69) is 5.32 Å². The van der Waals surface area contributed by atoms with E-state index in [-0.39, 0.29) is 12.6 Å². The summed E-state index contributed by atoms with van der Waals surface area (Å²) in [6, 6.07) is 9.02. The average molecular weight is 313 g/mol. The van der Waals surface area contributed by atoms with Gasteiger partial charge in [0.2, 0.25) is 0 Å². The van der Waals surface area contributed by atoms with Crippen molar-refractivity contribution in [2.24, 2.45) is 0 Å². The molecule has 0 radical (unpaired) electrons. The standard InChI is InChI=1S/C15H23NO4S/c1-4-16-15(13-9-7-6-8-10-13)12(3)21(18,19)11-14(17)20-5-2/h6-10,12,15-16H,4-5,11H2,1-3H3. The molecular formula is C15H23NO4S. The number of hydrogen-bond acceptors (Lipinski definition) is 5. The third-order valence-corrected chi connectivity index (χ3v) is 5.29. The van der Waals surface area contributed by atoms with Gasteiger partial charge in [0.15, 0.2) is 9.84 Å². The minimum absolute atomic E-state index is 0.179. The lowest BCUT2D eigenvalue weighted by Crippen LogP contribution is -2.38. The van der Waals surface area contributed by atoms with Crippen molar-refractivity contribution >= 4 is 15.8 Å². The van der Waals surface area contributed by atoms with Crippen molar-refractivity contribution < 1.29 is 17.9 Å². The lowest BCUT2D eigenvalue weighted by molar-refractivity contribution is -0.139. The van der Waals surface area contributed by atoms with E-state index in [1.165, 1.54) is 0 Å². The quantitative estimate of drug-likeness (QED) is 0.740. The van der Waals surface area contributed by atoms with Gasteiger partial charge in [0, 0.05) is 6.04 Å². The number of sulfone groups is 1. The lowest BCUT2D eigenvalue weighted by Gasteiger charge is -2.25. The highest BCUT2D eigenvalue weighted by Gasteiger charge is 2.32. The summed E-state index contributed by atoms with van der Waals surface area (Å²) in [5.74, 6) is -1.29. The second kappa shape index (κ2) is 8.14. The highest BCUT2D eigenvalue weighted by atomic mass is 32.2. The van der Waals surface area contributed by atoms with Gasteiger partial charge in [-0.2, -0.15) is 0 Å². The van der Waals surface area contributed by atoms with Crippen LogP contribution in [0.2, 0.25) is 0 Å². The summed E-state index contributed by atoms with van der Waals surface area (Å²) in [7, 11) is -3.59. The number of benzene rings is 1. The molecule has 0 aromatic heterocycles. The van der Waals surface area contributed by atoms with Gasteiger partial charge in [-0.1, -0.05) is 37.3 Å². The molecule has 0 spiro atoms. The van der Waals surface area contributed by atoms with Crippen molar-refractivity contribution in [2.45, 2.75) is 32.1 Å². The molecule has 5 nitrogen and oxygen atoms in total. The fraction of sp³-hybridized carbons (Fsp3) is 0.533. The number of carbonyl (C=O) groups excluding carboxylic acids is 1. The van der Waals surface area contributed by atoms with Crippen LogP contribution in [-0.4, -0.2) is 38.5 Å². The molecule has 0 aliphatic carbocycles. The molecular weight excluding hydrogens is 290 g/mol. The van der Waals surface area contributed by atoms with Gasteiger partial charge in [-0.15, -0.1) is 0 Å². The van der Waals surface area contributed by atoms with Gasteiger partial charge in [-0.05, 0) is 26.0 Å². The van der Waals surface area contributed by atoms with Crippen LogP contribution in [-0.2, 0) is 19.4 Å². The minimum Gasteiger partial charge on any atom is -0.465 e. The van der Waals surface area contributed by atoms with E-state index in [0.717, 1.165) is 5.56 Å². The lowest BCUT2D eigenvalue weighted by atomic mass is 10.0. The maximum absolute atomic E-state index is 12.4. The zero-order valence-electron chi connectivity index (χ0n) is 12.7. The summed E-state index contributed by atoms with van der Waals surface area (Å²) in [6.07, 6.45) is 0. The van der Waals surface area contributed by atoms with Gasteiger partial charge in [-0.25, -0.2) is 8.42 Å². The first-order valence-electron chi connectivity index (χ1n) is 7.07. The summed E-state index contributed by atoms with van der Waals surface area (Å²) < 4.78 is 29.5. The molecule has 0 saturated heterocycles. The number of carbonyl (C=O) groups is 1. The summed E-state index contributed by atoms with van der Waals surface area (Å²) in [5.41, 5.74) is 0.888. The monoisotopic (exact) mass is 313 g/mol. The third-order valence-electron chi connectivity index (χ3n) is 3.24. The van der Waals surface area contributed by atoms with Gasteiger partial charge in [0.05, 0.1) is 11.9 Å². The Morgan fingerprint density at radius 2 is 1.86 bits per heavy atom. The molecule has 0 fully saturated rings. The van der Waals surface area contributed by atoms with E-state index in [1.807, 2.05) is 37.3 Å². The molecule has 2 atom stereocenters. The summed E-state index contributed by atoms with van der Waals surface area (Å²) >= 11 is 0. The van der Waals surface area contributed by atoms with Crippen LogP contribution in [0.15, 0.2) is 30.3 Å². The highest BCUT2D eigenvalue weighted by molar-refractivity contribution is 7.92. The van der Waals surface area contributed by atoms with E-state index >= 15 is 0 Å². The first-order valence-corrected chi connectivity index (χ1v) is 8.79.